The van der Waals surface area contributed by atoms with Crippen molar-refractivity contribution in [1.82, 2.24) is 9.71 Å². The van der Waals surface area contributed by atoms with Crippen LogP contribution in [0.2, 0.25) is 0 Å². The van der Waals surface area contributed by atoms with Crippen molar-refractivity contribution in [3.8, 4) is 5.75 Å². The van der Waals surface area contributed by atoms with E-state index >= 15 is 0 Å². The lowest BCUT2D eigenvalue weighted by Gasteiger charge is -2.33. The Labute approximate surface area is 203 Å². The van der Waals surface area contributed by atoms with E-state index in [-0.39, 0.29) is 18.5 Å². The van der Waals surface area contributed by atoms with Gasteiger partial charge < -0.3 is 14.4 Å². The Morgan fingerprint density at radius 1 is 1.14 bits per heavy atom. The molecule has 1 aromatic carbocycles. The lowest BCUT2D eigenvalue weighted by atomic mass is 9.83. The van der Waals surface area contributed by atoms with Gasteiger partial charge in [0.15, 0.2) is 11.6 Å². The molecule has 4 rings (SSSR count). The molecule has 0 bridgehead atoms. The van der Waals surface area contributed by atoms with Crippen molar-refractivity contribution in [1.29, 1.82) is 0 Å². The summed E-state index contributed by atoms with van der Waals surface area (Å²) in [4.78, 5) is 5.80. The number of hydrogen-bond donors (Lipinski definition) is 1. The smallest absolute Gasteiger partial charge is 0.387 e. The van der Waals surface area contributed by atoms with Crippen LogP contribution in [0.3, 0.4) is 0 Å². The third-order valence-electron chi connectivity index (χ3n) is 6.68. The molecule has 2 fully saturated rings. The SMILES string of the molecule is CS(=O)(=O)N[C@H]1CCN(c2cc(OC(F)F)c(F)cn2)[C@H]1COC1CCC(c2ccccc2)CC1. The number of hydrogen-bond acceptors (Lipinski definition) is 6. The Bertz CT molecular complexity index is 1080. The fraction of sp³-hybridized carbons (Fsp3) is 0.542. The largest absolute Gasteiger partial charge is 0.431 e. The molecule has 0 amide bonds. The van der Waals surface area contributed by atoms with Crippen LogP contribution < -0.4 is 14.4 Å². The second-order valence-corrected chi connectivity index (χ2v) is 10.9. The van der Waals surface area contributed by atoms with Gasteiger partial charge in [-0.2, -0.15) is 8.78 Å². The Balaban J connectivity index is 1.44. The molecule has 0 unspecified atom stereocenters. The van der Waals surface area contributed by atoms with Gasteiger partial charge in [0.25, 0.3) is 0 Å². The Hall–Kier alpha value is -2.37. The minimum Gasteiger partial charge on any atom is -0.431 e. The van der Waals surface area contributed by atoms with Crippen LogP contribution in [0.4, 0.5) is 19.0 Å². The normalized spacial score (nSPS) is 25.2. The minimum atomic E-state index is -3.49. The molecule has 2 atom stereocenters. The van der Waals surface area contributed by atoms with Crippen LogP contribution in [-0.2, 0) is 14.8 Å². The minimum absolute atomic E-state index is 0.0372. The number of aromatic nitrogens is 1. The van der Waals surface area contributed by atoms with Crippen molar-refractivity contribution in [3.05, 3.63) is 54.0 Å². The average molecular weight is 514 g/mol. The second kappa shape index (κ2) is 11.1. The van der Waals surface area contributed by atoms with E-state index in [1.54, 1.807) is 4.90 Å². The molecule has 1 aromatic heterocycles. The first-order valence-electron chi connectivity index (χ1n) is 11.7. The van der Waals surface area contributed by atoms with Crippen LogP contribution >= 0.6 is 0 Å². The number of benzene rings is 1. The van der Waals surface area contributed by atoms with Crippen molar-refractivity contribution >= 4 is 15.8 Å². The molecule has 0 spiro atoms. The predicted molar refractivity (Wildman–Crippen MR) is 126 cm³/mol. The van der Waals surface area contributed by atoms with Crippen LogP contribution in [0.1, 0.15) is 43.6 Å². The van der Waals surface area contributed by atoms with Gasteiger partial charge >= 0.3 is 6.61 Å². The molecule has 1 saturated heterocycles. The maximum atomic E-state index is 13.9. The highest BCUT2D eigenvalue weighted by Gasteiger charge is 2.38. The van der Waals surface area contributed by atoms with Crippen molar-refractivity contribution in [2.24, 2.45) is 0 Å². The molecule has 1 saturated carbocycles. The van der Waals surface area contributed by atoms with Gasteiger partial charge in [0.2, 0.25) is 10.0 Å². The van der Waals surface area contributed by atoms with Gasteiger partial charge in [0.1, 0.15) is 5.82 Å². The molecule has 0 radical (unpaired) electrons. The van der Waals surface area contributed by atoms with Gasteiger partial charge in [-0.1, -0.05) is 30.3 Å². The van der Waals surface area contributed by atoms with Gasteiger partial charge in [0, 0.05) is 18.7 Å². The molecule has 192 valence electrons. The third kappa shape index (κ3) is 6.86. The summed E-state index contributed by atoms with van der Waals surface area (Å²) in [7, 11) is -3.49. The highest BCUT2D eigenvalue weighted by molar-refractivity contribution is 7.88. The summed E-state index contributed by atoms with van der Waals surface area (Å²) in [5.41, 5.74) is 1.33. The fourth-order valence-corrected chi connectivity index (χ4v) is 5.86. The van der Waals surface area contributed by atoms with E-state index in [0.717, 1.165) is 44.2 Å². The first kappa shape index (κ1) is 25.7. The standard InChI is InChI=1S/C24H30F3N3O4S/c1-35(31,32)29-20-11-12-30(23-13-22(34-24(26)27)19(25)14-28-23)21(20)15-33-18-9-7-17(8-10-18)16-5-3-2-4-6-16/h2-6,13-14,17-18,20-21,24,29H,7-12,15H2,1H3/t17?,18?,20-,21-/m0/s1. The fourth-order valence-electron chi connectivity index (χ4n) is 5.03. The van der Waals surface area contributed by atoms with Crippen LogP contribution in [0.25, 0.3) is 0 Å². The number of nitrogens with one attached hydrogen (secondary N) is 1. The first-order valence-corrected chi connectivity index (χ1v) is 13.6. The summed E-state index contributed by atoms with van der Waals surface area (Å²) in [5.74, 6) is -0.887. The van der Waals surface area contributed by atoms with Gasteiger partial charge in [-0.15, -0.1) is 0 Å². The number of halogens is 3. The van der Waals surface area contributed by atoms with Crippen molar-refractivity contribution < 1.29 is 31.1 Å². The number of nitrogens with zero attached hydrogens (tertiary/aromatic N) is 2. The van der Waals surface area contributed by atoms with Gasteiger partial charge in [-0.25, -0.2) is 22.5 Å². The van der Waals surface area contributed by atoms with Crippen LogP contribution in [0.15, 0.2) is 42.6 Å². The molecule has 1 aliphatic heterocycles. The van der Waals surface area contributed by atoms with Crippen LogP contribution in [0.5, 0.6) is 5.75 Å². The molecule has 1 aliphatic carbocycles. The van der Waals surface area contributed by atoms with Crippen LogP contribution in [-0.4, -0.2) is 57.6 Å². The second-order valence-electron chi connectivity index (χ2n) is 9.12. The van der Waals surface area contributed by atoms with Crippen molar-refractivity contribution in [3.63, 3.8) is 0 Å². The Kier molecular flexibility index (Phi) is 8.18. The highest BCUT2D eigenvalue weighted by atomic mass is 32.2. The molecule has 11 heteroatoms. The average Bonchev–Trinajstić information content (AvgIpc) is 3.20. The topological polar surface area (TPSA) is 80.8 Å². The predicted octanol–water partition coefficient (Wildman–Crippen LogP) is 4.06. The van der Waals surface area contributed by atoms with E-state index in [9.17, 15) is 21.6 Å². The first-order chi connectivity index (χ1) is 16.7. The van der Waals surface area contributed by atoms with E-state index in [2.05, 4.69) is 26.6 Å². The Morgan fingerprint density at radius 2 is 1.86 bits per heavy atom. The molecule has 1 N–H and O–H groups in total. The van der Waals surface area contributed by atoms with E-state index in [1.807, 2.05) is 18.2 Å². The maximum Gasteiger partial charge on any atom is 0.387 e. The number of pyridine rings is 1. The number of ether oxygens (including phenoxy) is 2. The van der Waals surface area contributed by atoms with Crippen LogP contribution in [0, 0.1) is 5.82 Å². The molecular weight excluding hydrogens is 483 g/mol. The number of anilines is 1. The zero-order valence-corrected chi connectivity index (χ0v) is 20.3. The highest BCUT2D eigenvalue weighted by Crippen LogP contribution is 2.35. The monoisotopic (exact) mass is 513 g/mol. The molecule has 35 heavy (non-hydrogen) atoms. The molecular formula is C24H30F3N3O4S. The quantitative estimate of drug-likeness (QED) is 0.545. The summed E-state index contributed by atoms with van der Waals surface area (Å²) in [6.07, 6.45) is 6.19. The summed E-state index contributed by atoms with van der Waals surface area (Å²) in [6, 6.07) is 10.6. The Morgan fingerprint density at radius 3 is 2.51 bits per heavy atom. The number of alkyl halides is 2. The summed E-state index contributed by atoms with van der Waals surface area (Å²) >= 11 is 0. The summed E-state index contributed by atoms with van der Waals surface area (Å²) in [5, 5.41) is 0. The van der Waals surface area contributed by atoms with Crippen molar-refractivity contribution in [2.75, 3.05) is 24.3 Å². The molecule has 7 nitrogen and oxygen atoms in total. The van der Waals surface area contributed by atoms with E-state index < -0.39 is 40.3 Å². The van der Waals surface area contributed by atoms with Gasteiger partial charge in [-0.05, 0) is 43.6 Å². The summed E-state index contributed by atoms with van der Waals surface area (Å²) < 4.78 is 76.3. The molecule has 2 aromatic rings. The number of sulfonamides is 1. The molecule has 2 heterocycles. The van der Waals surface area contributed by atoms with E-state index in [0.29, 0.717) is 18.9 Å². The summed E-state index contributed by atoms with van der Waals surface area (Å²) in [6.45, 7) is -2.56. The van der Waals surface area contributed by atoms with Crippen molar-refractivity contribution in [2.45, 2.75) is 62.8 Å². The maximum absolute atomic E-state index is 13.9. The molecule has 2 aliphatic rings. The van der Waals surface area contributed by atoms with Gasteiger partial charge in [0.05, 0.1) is 31.2 Å². The van der Waals surface area contributed by atoms with E-state index in [1.165, 1.54) is 5.56 Å². The number of rotatable bonds is 9. The zero-order valence-electron chi connectivity index (χ0n) is 19.4. The lowest BCUT2D eigenvalue weighted by molar-refractivity contribution is -0.0522. The lowest BCUT2D eigenvalue weighted by Crippen LogP contribution is -2.48. The third-order valence-corrected chi connectivity index (χ3v) is 7.41. The van der Waals surface area contributed by atoms with Gasteiger partial charge in [-0.3, -0.25) is 0 Å². The van der Waals surface area contributed by atoms with E-state index in [4.69, 9.17) is 4.74 Å². The zero-order chi connectivity index (χ0) is 25.0.